The summed E-state index contributed by atoms with van der Waals surface area (Å²) in [6.07, 6.45) is 1.25. The predicted molar refractivity (Wildman–Crippen MR) is 126 cm³/mol. The Morgan fingerprint density at radius 2 is 1.67 bits per heavy atom. The van der Waals surface area contributed by atoms with Crippen molar-refractivity contribution in [2.45, 2.75) is 44.9 Å². The van der Waals surface area contributed by atoms with Crippen molar-refractivity contribution in [1.29, 1.82) is 0 Å². The van der Waals surface area contributed by atoms with Crippen LogP contribution in [0.25, 0.3) is 0 Å². The quantitative estimate of drug-likeness (QED) is 0.661. The van der Waals surface area contributed by atoms with Crippen LogP contribution in [0.1, 0.15) is 56.1 Å². The number of methoxy groups -OCH3 is 2. The first-order valence-electron chi connectivity index (χ1n) is 11.4. The van der Waals surface area contributed by atoms with Crippen molar-refractivity contribution < 1.29 is 23.8 Å². The van der Waals surface area contributed by atoms with E-state index in [0.717, 1.165) is 22.6 Å². The SMILES string of the molecule is COc1ccc(C2CC(=O)NC3=C2C(=O)CC(c2ccc(OCC(C)C)cc2)C3)c(OC)c1. The van der Waals surface area contributed by atoms with E-state index in [2.05, 4.69) is 19.2 Å². The molecule has 2 aromatic carbocycles. The molecule has 0 bridgehead atoms. The highest BCUT2D eigenvalue weighted by molar-refractivity contribution is 6.02. The maximum atomic E-state index is 13.4. The molecule has 6 heteroatoms. The van der Waals surface area contributed by atoms with Crippen LogP contribution in [0.3, 0.4) is 0 Å². The van der Waals surface area contributed by atoms with Crippen LogP contribution < -0.4 is 19.5 Å². The number of hydrogen-bond acceptors (Lipinski definition) is 5. The molecule has 174 valence electrons. The van der Waals surface area contributed by atoms with Gasteiger partial charge in [0.2, 0.25) is 5.91 Å². The second-order valence-electron chi connectivity index (χ2n) is 9.11. The van der Waals surface area contributed by atoms with Gasteiger partial charge >= 0.3 is 0 Å². The molecule has 0 saturated carbocycles. The summed E-state index contributed by atoms with van der Waals surface area (Å²) in [5, 5.41) is 2.98. The molecule has 1 aliphatic heterocycles. The van der Waals surface area contributed by atoms with Crippen LogP contribution in [0.5, 0.6) is 17.2 Å². The largest absolute Gasteiger partial charge is 0.497 e. The van der Waals surface area contributed by atoms with E-state index in [9.17, 15) is 9.59 Å². The van der Waals surface area contributed by atoms with Crippen LogP contribution in [0.15, 0.2) is 53.7 Å². The van der Waals surface area contributed by atoms with Crippen molar-refractivity contribution in [3.63, 3.8) is 0 Å². The fourth-order valence-electron chi connectivity index (χ4n) is 4.67. The van der Waals surface area contributed by atoms with Gasteiger partial charge in [-0.05, 0) is 42.0 Å². The minimum atomic E-state index is -0.324. The maximum absolute atomic E-state index is 13.4. The van der Waals surface area contributed by atoms with Crippen molar-refractivity contribution in [3.05, 3.63) is 64.9 Å². The van der Waals surface area contributed by atoms with E-state index >= 15 is 0 Å². The Bertz CT molecular complexity index is 1070. The lowest BCUT2D eigenvalue weighted by Gasteiger charge is -2.35. The summed E-state index contributed by atoms with van der Waals surface area (Å²) in [6.45, 7) is 4.89. The van der Waals surface area contributed by atoms with Crippen LogP contribution in [0.4, 0.5) is 0 Å². The molecule has 0 saturated heterocycles. The Kier molecular flexibility index (Phi) is 6.72. The zero-order valence-corrected chi connectivity index (χ0v) is 19.6. The van der Waals surface area contributed by atoms with Crippen LogP contribution in [-0.4, -0.2) is 32.5 Å². The summed E-state index contributed by atoms with van der Waals surface area (Å²) in [4.78, 5) is 26.0. The molecule has 2 atom stereocenters. The molecule has 1 heterocycles. The van der Waals surface area contributed by atoms with Gasteiger partial charge in [-0.2, -0.15) is 0 Å². The van der Waals surface area contributed by atoms with Crippen molar-refractivity contribution >= 4 is 11.7 Å². The Balaban J connectivity index is 1.61. The number of Topliss-reactive ketones (excluding diaryl/α,β-unsaturated/α-hetero) is 1. The topological polar surface area (TPSA) is 73.9 Å². The molecule has 1 aliphatic carbocycles. The van der Waals surface area contributed by atoms with Gasteiger partial charge in [0.15, 0.2) is 5.78 Å². The van der Waals surface area contributed by atoms with Gasteiger partial charge in [-0.15, -0.1) is 0 Å². The van der Waals surface area contributed by atoms with Crippen LogP contribution >= 0.6 is 0 Å². The number of carbonyl (C=O) groups is 2. The third-order valence-corrected chi connectivity index (χ3v) is 6.29. The van der Waals surface area contributed by atoms with Crippen molar-refractivity contribution in [1.82, 2.24) is 5.32 Å². The molecule has 33 heavy (non-hydrogen) atoms. The first-order valence-corrected chi connectivity index (χ1v) is 11.4. The van der Waals surface area contributed by atoms with Crippen LogP contribution in [0.2, 0.25) is 0 Å². The van der Waals surface area contributed by atoms with E-state index in [4.69, 9.17) is 14.2 Å². The molecule has 0 aromatic heterocycles. The average Bonchev–Trinajstić information content (AvgIpc) is 2.81. The molecule has 0 radical (unpaired) electrons. The number of hydrogen-bond donors (Lipinski definition) is 1. The molecule has 2 aromatic rings. The highest BCUT2D eigenvalue weighted by atomic mass is 16.5. The molecule has 2 unspecified atom stereocenters. The zero-order chi connectivity index (χ0) is 23.5. The number of allylic oxidation sites excluding steroid dienone is 2. The first-order chi connectivity index (χ1) is 15.9. The Labute approximate surface area is 194 Å². The fraction of sp³-hybridized carbons (Fsp3) is 0.407. The minimum absolute atomic E-state index is 0.0206. The number of rotatable bonds is 7. The first kappa shape index (κ1) is 22.9. The highest BCUT2D eigenvalue weighted by Gasteiger charge is 2.39. The molecular formula is C27H31NO5. The predicted octanol–water partition coefficient (Wildman–Crippen LogP) is 4.74. The van der Waals surface area contributed by atoms with Gasteiger partial charge in [0.1, 0.15) is 17.2 Å². The molecule has 4 rings (SSSR count). The van der Waals surface area contributed by atoms with Gasteiger partial charge in [-0.1, -0.05) is 32.0 Å². The van der Waals surface area contributed by atoms with Gasteiger partial charge < -0.3 is 19.5 Å². The van der Waals surface area contributed by atoms with Gasteiger partial charge in [-0.3, -0.25) is 9.59 Å². The lowest BCUT2D eigenvalue weighted by atomic mass is 9.73. The lowest BCUT2D eigenvalue weighted by molar-refractivity contribution is -0.122. The fourth-order valence-corrected chi connectivity index (χ4v) is 4.67. The summed E-state index contributed by atoms with van der Waals surface area (Å²) >= 11 is 0. The van der Waals surface area contributed by atoms with Gasteiger partial charge in [0.05, 0.1) is 20.8 Å². The van der Waals surface area contributed by atoms with E-state index in [0.29, 0.717) is 42.4 Å². The van der Waals surface area contributed by atoms with Crippen molar-refractivity contribution in [2.75, 3.05) is 20.8 Å². The number of benzene rings is 2. The van der Waals surface area contributed by atoms with Gasteiger partial charge in [0, 0.05) is 41.7 Å². The van der Waals surface area contributed by atoms with E-state index in [1.54, 1.807) is 20.3 Å². The third kappa shape index (κ3) is 4.90. The standard InChI is InChI=1S/C27H31NO5/c1-16(2)15-33-19-7-5-17(6-8-19)18-11-23-27(24(29)12-18)22(14-26(30)28-23)21-10-9-20(31-3)13-25(21)32-4/h5-10,13,16,18,22H,11-12,14-15H2,1-4H3,(H,28,30). The molecule has 6 nitrogen and oxygen atoms in total. The highest BCUT2D eigenvalue weighted by Crippen LogP contribution is 2.45. The zero-order valence-electron chi connectivity index (χ0n) is 19.6. The number of nitrogens with one attached hydrogen (secondary N) is 1. The second-order valence-corrected chi connectivity index (χ2v) is 9.11. The number of ether oxygens (including phenoxy) is 3. The van der Waals surface area contributed by atoms with Gasteiger partial charge in [0.25, 0.3) is 0 Å². The number of ketones is 1. The monoisotopic (exact) mass is 449 g/mol. The van der Waals surface area contributed by atoms with E-state index in [-0.39, 0.29) is 29.9 Å². The summed E-state index contributed by atoms with van der Waals surface area (Å²) in [7, 11) is 3.18. The van der Waals surface area contributed by atoms with Crippen LogP contribution in [0, 0.1) is 5.92 Å². The van der Waals surface area contributed by atoms with E-state index in [1.165, 1.54) is 0 Å². The Morgan fingerprint density at radius 3 is 2.33 bits per heavy atom. The number of amides is 1. The molecule has 1 N–H and O–H groups in total. The molecule has 2 aliphatic rings. The second kappa shape index (κ2) is 9.69. The average molecular weight is 450 g/mol. The molecule has 0 fully saturated rings. The summed E-state index contributed by atoms with van der Waals surface area (Å²) in [5.41, 5.74) is 3.34. The van der Waals surface area contributed by atoms with Crippen molar-refractivity contribution in [3.8, 4) is 17.2 Å². The van der Waals surface area contributed by atoms with E-state index < -0.39 is 0 Å². The normalized spacial score (nSPS) is 20.4. The number of carbonyl (C=O) groups excluding carboxylic acids is 2. The Hall–Kier alpha value is -3.28. The van der Waals surface area contributed by atoms with Gasteiger partial charge in [-0.25, -0.2) is 0 Å². The summed E-state index contributed by atoms with van der Waals surface area (Å²) in [6, 6.07) is 13.5. The summed E-state index contributed by atoms with van der Waals surface area (Å²) < 4.78 is 16.6. The third-order valence-electron chi connectivity index (χ3n) is 6.29. The summed E-state index contributed by atoms with van der Waals surface area (Å²) in [5.74, 6) is 2.26. The Morgan fingerprint density at radius 1 is 0.939 bits per heavy atom. The smallest absolute Gasteiger partial charge is 0.225 e. The minimum Gasteiger partial charge on any atom is -0.497 e. The molecule has 0 spiro atoms. The van der Waals surface area contributed by atoms with E-state index in [1.807, 2.05) is 36.4 Å². The molecule has 1 amide bonds. The lowest BCUT2D eigenvalue weighted by Crippen LogP contribution is -2.38. The molecular weight excluding hydrogens is 418 g/mol. The van der Waals surface area contributed by atoms with Crippen LogP contribution in [-0.2, 0) is 9.59 Å². The maximum Gasteiger partial charge on any atom is 0.225 e. The van der Waals surface area contributed by atoms with Crippen molar-refractivity contribution in [2.24, 2.45) is 5.92 Å².